The fourth-order valence-electron chi connectivity index (χ4n) is 2.64. The monoisotopic (exact) mass is 329 g/mol. The Morgan fingerprint density at radius 1 is 1.42 bits per heavy atom. The summed E-state index contributed by atoms with van der Waals surface area (Å²) in [4.78, 5) is 18.7. The predicted octanol–water partition coefficient (Wildman–Crippen LogP) is 3.42. The van der Waals surface area contributed by atoms with Gasteiger partial charge in [0.15, 0.2) is 0 Å². The standard InChI is InChI=1S/C18H23N3O3/c1-13-12-24-17(19-13)14-5-4-6-15(11-14)20-18(23)21(16-7-8-16)9-2-3-10-22/h4-6,11-12,16,22H,2-3,7-10H2,1H3,(H,20,23). The van der Waals surface area contributed by atoms with E-state index in [1.165, 1.54) is 0 Å². The van der Waals surface area contributed by atoms with Crippen molar-refractivity contribution in [2.45, 2.75) is 38.6 Å². The van der Waals surface area contributed by atoms with Crippen molar-refractivity contribution in [2.24, 2.45) is 0 Å². The van der Waals surface area contributed by atoms with E-state index in [9.17, 15) is 4.79 Å². The Kier molecular flexibility index (Phi) is 5.15. The Hall–Kier alpha value is -2.34. The second kappa shape index (κ2) is 7.49. The van der Waals surface area contributed by atoms with E-state index < -0.39 is 0 Å². The van der Waals surface area contributed by atoms with Crippen LogP contribution in [0.25, 0.3) is 11.5 Å². The highest BCUT2D eigenvalue weighted by atomic mass is 16.3. The van der Waals surface area contributed by atoms with Gasteiger partial charge in [-0.25, -0.2) is 9.78 Å². The number of anilines is 1. The van der Waals surface area contributed by atoms with Crippen LogP contribution in [0.15, 0.2) is 34.9 Å². The third-order valence-corrected chi connectivity index (χ3v) is 4.04. The molecule has 0 aliphatic heterocycles. The minimum atomic E-state index is -0.0869. The highest BCUT2D eigenvalue weighted by Gasteiger charge is 2.32. The highest BCUT2D eigenvalue weighted by Crippen LogP contribution is 2.28. The Labute approximate surface area is 141 Å². The normalized spacial score (nSPS) is 13.8. The molecule has 0 radical (unpaired) electrons. The number of unbranched alkanes of at least 4 members (excludes halogenated alkanes) is 1. The van der Waals surface area contributed by atoms with Crippen LogP contribution in [0.2, 0.25) is 0 Å². The first-order chi connectivity index (χ1) is 11.7. The molecule has 0 bridgehead atoms. The minimum Gasteiger partial charge on any atom is -0.444 e. The molecule has 3 rings (SSSR count). The maximum atomic E-state index is 12.6. The number of benzene rings is 1. The van der Waals surface area contributed by atoms with Crippen molar-refractivity contribution < 1.29 is 14.3 Å². The van der Waals surface area contributed by atoms with Crippen LogP contribution in [0.4, 0.5) is 10.5 Å². The third kappa shape index (κ3) is 4.14. The van der Waals surface area contributed by atoms with Crippen LogP contribution in [0, 0.1) is 6.92 Å². The number of nitrogens with zero attached hydrogens (tertiary/aromatic N) is 2. The molecule has 2 amide bonds. The Morgan fingerprint density at radius 3 is 2.92 bits per heavy atom. The van der Waals surface area contributed by atoms with Crippen LogP contribution in [-0.2, 0) is 0 Å². The molecule has 2 aromatic rings. The van der Waals surface area contributed by atoms with E-state index in [0.717, 1.165) is 42.6 Å². The molecule has 1 aliphatic carbocycles. The number of aryl methyl sites for hydroxylation is 1. The summed E-state index contributed by atoms with van der Waals surface area (Å²) in [7, 11) is 0. The second-order valence-electron chi connectivity index (χ2n) is 6.16. The maximum absolute atomic E-state index is 12.6. The molecule has 24 heavy (non-hydrogen) atoms. The number of carbonyl (C=O) groups excluding carboxylic acids is 1. The Bertz CT molecular complexity index is 694. The van der Waals surface area contributed by atoms with Crippen LogP contribution < -0.4 is 5.32 Å². The number of hydrogen-bond acceptors (Lipinski definition) is 4. The number of aliphatic hydroxyl groups is 1. The van der Waals surface area contributed by atoms with Gasteiger partial charge in [0, 0.05) is 30.4 Å². The average Bonchev–Trinajstić information content (AvgIpc) is 3.32. The van der Waals surface area contributed by atoms with Crippen molar-refractivity contribution in [2.75, 3.05) is 18.5 Å². The molecule has 0 unspecified atom stereocenters. The second-order valence-corrected chi connectivity index (χ2v) is 6.16. The fourth-order valence-corrected chi connectivity index (χ4v) is 2.64. The van der Waals surface area contributed by atoms with Gasteiger partial charge >= 0.3 is 6.03 Å². The van der Waals surface area contributed by atoms with Crippen LogP contribution in [0.1, 0.15) is 31.4 Å². The number of rotatable bonds is 7. The molecule has 0 saturated heterocycles. The van der Waals surface area contributed by atoms with Crippen LogP contribution in [-0.4, -0.2) is 40.2 Å². The summed E-state index contributed by atoms with van der Waals surface area (Å²) in [6.45, 7) is 2.71. The Morgan fingerprint density at radius 2 is 2.25 bits per heavy atom. The molecule has 1 aromatic heterocycles. The molecule has 0 atom stereocenters. The molecule has 128 valence electrons. The van der Waals surface area contributed by atoms with Gasteiger partial charge in [-0.1, -0.05) is 6.07 Å². The molecular formula is C18H23N3O3. The topological polar surface area (TPSA) is 78.6 Å². The zero-order valence-electron chi connectivity index (χ0n) is 13.9. The summed E-state index contributed by atoms with van der Waals surface area (Å²) in [6, 6.07) is 7.74. The lowest BCUT2D eigenvalue weighted by Crippen LogP contribution is -2.37. The van der Waals surface area contributed by atoms with E-state index in [1.807, 2.05) is 36.1 Å². The van der Waals surface area contributed by atoms with Gasteiger partial charge < -0.3 is 19.7 Å². The molecule has 1 fully saturated rings. The van der Waals surface area contributed by atoms with Gasteiger partial charge in [-0.3, -0.25) is 0 Å². The molecule has 6 heteroatoms. The van der Waals surface area contributed by atoms with Crippen LogP contribution >= 0.6 is 0 Å². The molecule has 1 saturated carbocycles. The number of carbonyl (C=O) groups is 1. The molecule has 1 heterocycles. The third-order valence-electron chi connectivity index (χ3n) is 4.04. The van der Waals surface area contributed by atoms with Crippen molar-refractivity contribution in [3.63, 3.8) is 0 Å². The lowest BCUT2D eigenvalue weighted by Gasteiger charge is -2.22. The molecule has 1 aliphatic rings. The summed E-state index contributed by atoms with van der Waals surface area (Å²) in [5, 5.41) is 11.9. The van der Waals surface area contributed by atoms with E-state index in [4.69, 9.17) is 9.52 Å². The van der Waals surface area contributed by atoms with Crippen LogP contribution in [0.3, 0.4) is 0 Å². The quantitative estimate of drug-likeness (QED) is 0.763. The summed E-state index contributed by atoms with van der Waals surface area (Å²) < 4.78 is 5.41. The molecular weight excluding hydrogens is 306 g/mol. The van der Waals surface area contributed by atoms with Crippen molar-refractivity contribution in [1.82, 2.24) is 9.88 Å². The van der Waals surface area contributed by atoms with Gasteiger partial charge in [-0.2, -0.15) is 0 Å². The minimum absolute atomic E-state index is 0.0869. The molecule has 2 N–H and O–H groups in total. The number of amides is 2. The smallest absolute Gasteiger partial charge is 0.322 e. The first-order valence-electron chi connectivity index (χ1n) is 8.38. The summed E-state index contributed by atoms with van der Waals surface area (Å²) in [6.07, 6.45) is 5.26. The first kappa shape index (κ1) is 16.5. The summed E-state index contributed by atoms with van der Waals surface area (Å²) in [5.74, 6) is 0.547. The van der Waals surface area contributed by atoms with Crippen molar-refractivity contribution in [3.8, 4) is 11.5 Å². The summed E-state index contributed by atoms with van der Waals surface area (Å²) in [5.41, 5.74) is 2.38. The number of nitrogens with one attached hydrogen (secondary N) is 1. The van der Waals surface area contributed by atoms with Gasteiger partial charge in [0.1, 0.15) is 6.26 Å². The lowest BCUT2D eigenvalue weighted by atomic mass is 10.2. The number of oxazole rings is 1. The first-order valence-corrected chi connectivity index (χ1v) is 8.38. The van der Waals surface area contributed by atoms with E-state index >= 15 is 0 Å². The van der Waals surface area contributed by atoms with Crippen molar-refractivity contribution in [1.29, 1.82) is 0 Å². The summed E-state index contributed by atoms with van der Waals surface area (Å²) >= 11 is 0. The number of aromatic nitrogens is 1. The van der Waals surface area contributed by atoms with Gasteiger partial charge in [-0.05, 0) is 50.8 Å². The van der Waals surface area contributed by atoms with Gasteiger partial charge in [0.05, 0.1) is 5.69 Å². The SMILES string of the molecule is Cc1coc(-c2cccc(NC(=O)N(CCCCO)C3CC3)c2)n1. The average molecular weight is 329 g/mol. The number of urea groups is 1. The largest absolute Gasteiger partial charge is 0.444 e. The molecule has 0 spiro atoms. The zero-order valence-corrected chi connectivity index (χ0v) is 13.9. The van der Waals surface area contributed by atoms with E-state index in [2.05, 4.69) is 10.3 Å². The fraction of sp³-hybridized carbons (Fsp3) is 0.444. The maximum Gasteiger partial charge on any atom is 0.322 e. The van der Waals surface area contributed by atoms with Gasteiger partial charge in [0.2, 0.25) is 5.89 Å². The predicted molar refractivity (Wildman–Crippen MR) is 91.7 cm³/mol. The Balaban J connectivity index is 1.67. The van der Waals surface area contributed by atoms with Crippen molar-refractivity contribution in [3.05, 3.63) is 36.2 Å². The van der Waals surface area contributed by atoms with Gasteiger partial charge in [-0.15, -0.1) is 0 Å². The van der Waals surface area contributed by atoms with E-state index in [0.29, 0.717) is 18.5 Å². The number of hydrogen-bond donors (Lipinski definition) is 2. The van der Waals surface area contributed by atoms with E-state index in [-0.39, 0.29) is 12.6 Å². The van der Waals surface area contributed by atoms with Gasteiger partial charge in [0.25, 0.3) is 0 Å². The van der Waals surface area contributed by atoms with Crippen molar-refractivity contribution >= 4 is 11.7 Å². The lowest BCUT2D eigenvalue weighted by molar-refractivity contribution is 0.204. The zero-order chi connectivity index (χ0) is 16.9. The number of aliphatic hydroxyl groups excluding tert-OH is 1. The molecule has 1 aromatic carbocycles. The van der Waals surface area contributed by atoms with E-state index in [1.54, 1.807) is 6.26 Å². The highest BCUT2D eigenvalue weighted by molar-refractivity contribution is 5.90. The van der Waals surface area contributed by atoms with Crippen LogP contribution in [0.5, 0.6) is 0 Å². The molecule has 6 nitrogen and oxygen atoms in total.